The van der Waals surface area contributed by atoms with Gasteiger partial charge in [-0.15, -0.1) is 0 Å². The van der Waals surface area contributed by atoms with Crippen LogP contribution in [0.3, 0.4) is 0 Å². The smallest absolute Gasteiger partial charge is 0.143 e. The molecule has 0 fully saturated rings. The quantitative estimate of drug-likeness (QED) is 0.842. The molecule has 0 atom stereocenters. The van der Waals surface area contributed by atoms with Crippen molar-refractivity contribution in [2.24, 2.45) is 0 Å². The third-order valence-corrected chi connectivity index (χ3v) is 3.05. The van der Waals surface area contributed by atoms with E-state index >= 15 is 0 Å². The van der Waals surface area contributed by atoms with Crippen LogP contribution in [-0.2, 0) is 17.6 Å². The molecule has 0 aliphatic rings. The normalized spacial score (nSPS) is 10.3. The van der Waals surface area contributed by atoms with Crippen LogP contribution < -0.4 is 0 Å². The minimum atomic E-state index is 0.124. The Morgan fingerprint density at radius 3 is 2.72 bits per heavy atom. The summed E-state index contributed by atoms with van der Waals surface area (Å²) in [5.74, 6) is 0.124. The highest BCUT2D eigenvalue weighted by Crippen LogP contribution is 2.18. The van der Waals surface area contributed by atoms with Gasteiger partial charge >= 0.3 is 0 Å². The first-order valence-corrected chi connectivity index (χ1v) is 6.19. The lowest BCUT2D eigenvalue weighted by molar-refractivity contribution is -0.117. The van der Waals surface area contributed by atoms with Crippen molar-refractivity contribution in [2.45, 2.75) is 19.8 Å². The highest BCUT2D eigenvalue weighted by atomic mass is 35.5. The van der Waals surface area contributed by atoms with Crippen LogP contribution in [0, 0.1) is 6.92 Å². The fourth-order valence-electron chi connectivity index (χ4n) is 1.78. The van der Waals surface area contributed by atoms with Gasteiger partial charge in [-0.1, -0.05) is 29.8 Å². The maximum absolute atomic E-state index is 11.9. The van der Waals surface area contributed by atoms with Gasteiger partial charge in [0.2, 0.25) is 0 Å². The summed E-state index contributed by atoms with van der Waals surface area (Å²) in [5.41, 5.74) is 2.77. The Morgan fingerprint density at radius 2 is 2.06 bits per heavy atom. The van der Waals surface area contributed by atoms with E-state index in [1.165, 1.54) is 0 Å². The van der Waals surface area contributed by atoms with Crippen molar-refractivity contribution < 1.29 is 4.79 Å². The second-order valence-corrected chi connectivity index (χ2v) is 4.72. The number of halogens is 1. The van der Waals surface area contributed by atoms with Crippen molar-refractivity contribution >= 4 is 17.4 Å². The van der Waals surface area contributed by atoms with Crippen LogP contribution in [0.2, 0.25) is 5.02 Å². The predicted octanol–water partition coefficient (Wildman–Crippen LogP) is 3.40. The van der Waals surface area contributed by atoms with Crippen LogP contribution >= 0.6 is 11.6 Å². The zero-order valence-electron chi connectivity index (χ0n) is 10.2. The summed E-state index contributed by atoms with van der Waals surface area (Å²) >= 11 is 6.11. The van der Waals surface area contributed by atoms with E-state index in [0.29, 0.717) is 17.9 Å². The van der Waals surface area contributed by atoms with E-state index < -0.39 is 0 Å². The zero-order valence-corrected chi connectivity index (χ0v) is 10.9. The van der Waals surface area contributed by atoms with Crippen LogP contribution in [0.15, 0.2) is 42.6 Å². The van der Waals surface area contributed by atoms with Gasteiger partial charge in [0.1, 0.15) is 5.78 Å². The number of pyridine rings is 1. The molecule has 1 aromatic carbocycles. The molecule has 0 radical (unpaired) electrons. The fourth-order valence-corrected chi connectivity index (χ4v) is 2.08. The van der Waals surface area contributed by atoms with Gasteiger partial charge in [0.05, 0.1) is 0 Å². The monoisotopic (exact) mass is 259 g/mol. The molecule has 1 aromatic heterocycles. The first-order valence-electron chi connectivity index (χ1n) is 5.82. The van der Waals surface area contributed by atoms with E-state index in [0.717, 1.165) is 16.8 Å². The third kappa shape index (κ3) is 3.41. The molecule has 0 N–H and O–H groups in total. The van der Waals surface area contributed by atoms with Crippen molar-refractivity contribution in [3.63, 3.8) is 0 Å². The Kier molecular flexibility index (Phi) is 4.11. The van der Waals surface area contributed by atoms with Crippen LogP contribution in [0.5, 0.6) is 0 Å². The van der Waals surface area contributed by atoms with E-state index in [1.54, 1.807) is 6.20 Å². The van der Waals surface area contributed by atoms with Crippen molar-refractivity contribution in [1.82, 2.24) is 4.98 Å². The number of aromatic nitrogens is 1. The first-order chi connectivity index (χ1) is 8.65. The van der Waals surface area contributed by atoms with E-state index in [1.807, 2.05) is 43.3 Å². The molecule has 0 aliphatic carbocycles. The standard InChI is InChI=1S/C15H14ClNO/c1-11-5-6-12(15(16)8-11)9-14(18)10-13-4-2-3-7-17-13/h2-8H,9-10H2,1H3. The summed E-state index contributed by atoms with van der Waals surface area (Å²) in [7, 11) is 0. The average molecular weight is 260 g/mol. The summed E-state index contributed by atoms with van der Waals surface area (Å²) in [6.45, 7) is 1.98. The summed E-state index contributed by atoms with van der Waals surface area (Å²) in [6, 6.07) is 11.3. The number of ketones is 1. The molecule has 0 bridgehead atoms. The van der Waals surface area contributed by atoms with Crippen LogP contribution in [0.25, 0.3) is 0 Å². The molecule has 0 saturated heterocycles. The van der Waals surface area contributed by atoms with Crippen molar-refractivity contribution in [2.75, 3.05) is 0 Å². The van der Waals surface area contributed by atoms with Crippen LogP contribution in [0.1, 0.15) is 16.8 Å². The summed E-state index contributed by atoms with van der Waals surface area (Å²) in [5, 5.41) is 0.657. The lowest BCUT2D eigenvalue weighted by Gasteiger charge is -2.04. The molecule has 18 heavy (non-hydrogen) atoms. The first kappa shape index (κ1) is 12.8. The van der Waals surface area contributed by atoms with Crippen LogP contribution in [-0.4, -0.2) is 10.8 Å². The molecule has 0 spiro atoms. The minimum absolute atomic E-state index is 0.124. The number of carbonyl (C=O) groups excluding carboxylic acids is 1. The highest BCUT2D eigenvalue weighted by molar-refractivity contribution is 6.31. The van der Waals surface area contributed by atoms with Gasteiger partial charge in [0, 0.05) is 29.8 Å². The fraction of sp³-hybridized carbons (Fsp3) is 0.200. The number of hydrogen-bond acceptors (Lipinski definition) is 2. The maximum atomic E-state index is 11.9. The molecule has 92 valence electrons. The molecule has 2 nitrogen and oxygen atoms in total. The maximum Gasteiger partial charge on any atom is 0.143 e. The molecule has 1 heterocycles. The number of hydrogen-bond donors (Lipinski definition) is 0. The van der Waals surface area contributed by atoms with Crippen molar-refractivity contribution in [1.29, 1.82) is 0 Å². The molecular weight excluding hydrogens is 246 g/mol. The van der Waals surface area contributed by atoms with Gasteiger partial charge in [0.15, 0.2) is 0 Å². The number of rotatable bonds is 4. The number of nitrogens with zero attached hydrogens (tertiary/aromatic N) is 1. The Labute approximate surface area is 112 Å². The predicted molar refractivity (Wildman–Crippen MR) is 72.8 cm³/mol. The Hall–Kier alpha value is -1.67. The summed E-state index contributed by atoms with van der Waals surface area (Å²) in [6.07, 6.45) is 2.40. The Balaban J connectivity index is 2.03. The van der Waals surface area contributed by atoms with Gasteiger partial charge in [0.25, 0.3) is 0 Å². The molecule has 0 saturated carbocycles. The molecule has 3 heteroatoms. The second kappa shape index (κ2) is 5.78. The Morgan fingerprint density at radius 1 is 1.22 bits per heavy atom. The van der Waals surface area contributed by atoms with E-state index in [4.69, 9.17) is 11.6 Å². The largest absolute Gasteiger partial charge is 0.299 e. The number of Topliss-reactive ketones (excluding diaryl/α,β-unsaturated/α-hetero) is 1. The van der Waals surface area contributed by atoms with Gasteiger partial charge in [-0.05, 0) is 36.2 Å². The molecule has 2 aromatic rings. The second-order valence-electron chi connectivity index (χ2n) is 4.31. The number of aryl methyl sites for hydroxylation is 1. The average Bonchev–Trinajstić information content (AvgIpc) is 2.34. The lowest BCUT2D eigenvalue weighted by Crippen LogP contribution is -2.08. The third-order valence-electron chi connectivity index (χ3n) is 2.70. The molecule has 2 rings (SSSR count). The van der Waals surface area contributed by atoms with Crippen LogP contribution in [0.4, 0.5) is 0 Å². The molecule has 0 amide bonds. The molecule has 0 unspecified atom stereocenters. The van der Waals surface area contributed by atoms with E-state index in [2.05, 4.69) is 4.98 Å². The number of carbonyl (C=O) groups is 1. The van der Waals surface area contributed by atoms with Gasteiger partial charge in [-0.25, -0.2) is 0 Å². The van der Waals surface area contributed by atoms with Gasteiger partial charge < -0.3 is 0 Å². The minimum Gasteiger partial charge on any atom is -0.299 e. The summed E-state index contributed by atoms with van der Waals surface area (Å²) in [4.78, 5) is 16.1. The SMILES string of the molecule is Cc1ccc(CC(=O)Cc2ccccn2)c(Cl)c1. The van der Waals surface area contributed by atoms with Crippen molar-refractivity contribution in [3.8, 4) is 0 Å². The van der Waals surface area contributed by atoms with Crippen molar-refractivity contribution in [3.05, 3.63) is 64.4 Å². The van der Waals surface area contributed by atoms with E-state index in [9.17, 15) is 4.79 Å². The topological polar surface area (TPSA) is 30.0 Å². The lowest BCUT2D eigenvalue weighted by atomic mass is 10.0. The highest BCUT2D eigenvalue weighted by Gasteiger charge is 2.08. The van der Waals surface area contributed by atoms with E-state index in [-0.39, 0.29) is 5.78 Å². The molecule has 0 aliphatic heterocycles. The van der Waals surface area contributed by atoms with Gasteiger partial charge in [-0.3, -0.25) is 9.78 Å². The zero-order chi connectivity index (χ0) is 13.0. The van der Waals surface area contributed by atoms with Gasteiger partial charge in [-0.2, -0.15) is 0 Å². The molecular formula is C15H14ClNO. The Bertz CT molecular complexity index is 552. The summed E-state index contributed by atoms with van der Waals surface area (Å²) < 4.78 is 0. The number of benzene rings is 1.